The molecule has 29 heavy (non-hydrogen) atoms. The van der Waals surface area contributed by atoms with Crippen molar-refractivity contribution in [1.82, 2.24) is 14.5 Å². The lowest BCUT2D eigenvalue weighted by Crippen LogP contribution is -2.19. The first-order valence-corrected chi connectivity index (χ1v) is 9.79. The number of ether oxygens (including phenoxy) is 2. The molecular formula is C20H15N3O4S2. The number of nitrogens with one attached hydrogen (secondary N) is 1. The van der Waals surface area contributed by atoms with Gasteiger partial charge >= 0.3 is 5.97 Å². The van der Waals surface area contributed by atoms with Crippen molar-refractivity contribution in [2.45, 2.75) is 0 Å². The number of benzene rings is 1. The molecule has 7 nitrogen and oxygen atoms in total. The number of aromatic nitrogens is 3. The van der Waals surface area contributed by atoms with Crippen molar-refractivity contribution in [3.8, 4) is 22.0 Å². The molecule has 0 saturated heterocycles. The lowest BCUT2D eigenvalue weighted by molar-refractivity contribution is 0.0603. The molecule has 3 aromatic heterocycles. The van der Waals surface area contributed by atoms with E-state index in [0.717, 1.165) is 4.88 Å². The van der Waals surface area contributed by atoms with Gasteiger partial charge in [-0.1, -0.05) is 18.2 Å². The van der Waals surface area contributed by atoms with E-state index in [0.29, 0.717) is 17.1 Å². The van der Waals surface area contributed by atoms with Gasteiger partial charge in [0.25, 0.3) is 5.56 Å². The van der Waals surface area contributed by atoms with Gasteiger partial charge in [0.2, 0.25) is 0 Å². The molecule has 0 aliphatic heterocycles. The average molecular weight is 425 g/mol. The van der Waals surface area contributed by atoms with Gasteiger partial charge < -0.3 is 9.47 Å². The minimum atomic E-state index is -0.635. The fourth-order valence-corrected chi connectivity index (χ4v) is 4.05. The summed E-state index contributed by atoms with van der Waals surface area (Å²) in [5.41, 5.74) is 0.974. The summed E-state index contributed by atoms with van der Waals surface area (Å²) in [6, 6.07) is 12.5. The Balaban J connectivity index is 2.20. The smallest absolute Gasteiger partial charge is 0.338 e. The maximum absolute atomic E-state index is 12.8. The minimum absolute atomic E-state index is 0.0941. The van der Waals surface area contributed by atoms with E-state index in [9.17, 15) is 9.59 Å². The van der Waals surface area contributed by atoms with Crippen LogP contribution in [0.15, 0.2) is 52.6 Å². The minimum Gasteiger partial charge on any atom is -0.495 e. The van der Waals surface area contributed by atoms with Gasteiger partial charge in [-0.05, 0) is 41.9 Å². The number of rotatable bonds is 4. The second-order valence-electron chi connectivity index (χ2n) is 5.99. The Bertz CT molecular complexity index is 1340. The van der Waals surface area contributed by atoms with Crippen LogP contribution in [-0.2, 0) is 4.74 Å². The van der Waals surface area contributed by atoms with Crippen LogP contribution < -0.4 is 10.3 Å². The van der Waals surface area contributed by atoms with Crippen LogP contribution >= 0.6 is 23.6 Å². The number of pyridine rings is 1. The lowest BCUT2D eigenvalue weighted by atomic mass is 10.1. The third kappa shape index (κ3) is 3.24. The molecule has 0 unspecified atom stereocenters. The summed E-state index contributed by atoms with van der Waals surface area (Å²) in [6.07, 6.45) is 0. The van der Waals surface area contributed by atoms with Gasteiger partial charge in [-0.2, -0.15) is 0 Å². The molecule has 9 heteroatoms. The van der Waals surface area contributed by atoms with E-state index in [1.54, 1.807) is 29.9 Å². The summed E-state index contributed by atoms with van der Waals surface area (Å²) in [6.45, 7) is 0. The molecule has 4 rings (SSSR count). The molecule has 0 radical (unpaired) electrons. The number of thiophene rings is 1. The molecule has 1 aromatic carbocycles. The number of esters is 1. The van der Waals surface area contributed by atoms with Crippen LogP contribution in [0.2, 0.25) is 0 Å². The Morgan fingerprint density at radius 3 is 2.69 bits per heavy atom. The van der Waals surface area contributed by atoms with Crippen molar-refractivity contribution in [3.63, 3.8) is 0 Å². The molecule has 0 atom stereocenters. The van der Waals surface area contributed by atoms with Crippen LogP contribution in [0.3, 0.4) is 0 Å². The third-order valence-electron chi connectivity index (χ3n) is 4.37. The maximum Gasteiger partial charge on any atom is 0.338 e. The van der Waals surface area contributed by atoms with Gasteiger partial charge in [-0.25, -0.2) is 9.78 Å². The highest BCUT2D eigenvalue weighted by molar-refractivity contribution is 7.71. The SMILES string of the molecule is COC(=O)c1cc(-c2cccs2)nc2c1c(=O)[nH]c(=S)n2-c1ccccc1OC. The summed E-state index contributed by atoms with van der Waals surface area (Å²) in [5, 5.41) is 2.00. The predicted molar refractivity (Wildman–Crippen MR) is 114 cm³/mol. The first kappa shape index (κ1) is 19.0. The topological polar surface area (TPSA) is 86.2 Å². The van der Waals surface area contributed by atoms with E-state index in [1.165, 1.54) is 18.4 Å². The van der Waals surface area contributed by atoms with E-state index < -0.39 is 11.5 Å². The highest BCUT2D eigenvalue weighted by atomic mass is 32.1. The van der Waals surface area contributed by atoms with Crippen LogP contribution in [0.1, 0.15) is 10.4 Å². The second-order valence-corrected chi connectivity index (χ2v) is 7.32. The van der Waals surface area contributed by atoms with Crippen molar-refractivity contribution >= 4 is 40.6 Å². The van der Waals surface area contributed by atoms with Crippen LogP contribution in [0.4, 0.5) is 0 Å². The summed E-state index contributed by atoms with van der Waals surface area (Å²) in [7, 11) is 2.81. The van der Waals surface area contributed by atoms with Gasteiger partial charge in [0.1, 0.15) is 5.75 Å². The number of carbonyl (C=O) groups excluding carboxylic acids is 1. The normalized spacial score (nSPS) is 10.8. The zero-order valence-electron chi connectivity index (χ0n) is 15.5. The molecular weight excluding hydrogens is 410 g/mol. The summed E-state index contributed by atoms with van der Waals surface area (Å²) in [4.78, 5) is 33.4. The quantitative estimate of drug-likeness (QED) is 0.393. The van der Waals surface area contributed by atoms with Gasteiger partial charge in [0.15, 0.2) is 10.4 Å². The van der Waals surface area contributed by atoms with Crippen molar-refractivity contribution in [2.24, 2.45) is 0 Å². The number of carbonyl (C=O) groups is 1. The van der Waals surface area contributed by atoms with Crippen LogP contribution in [0, 0.1) is 4.77 Å². The van der Waals surface area contributed by atoms with Crippen molar-refractivity contribution < 1.29 is 14.3 Å². The zero-order valence-corrected chi connectivity index (χ0v) is 17.1. The van der Waals surface area contributed by atoms with Crippen molar-refractivity contribution in [3.05, 3.63) is 68.5 Å². The van der Waals surface area contributed by atoms with E-state index in [4.69, 9.17) is 26.7 Å². The molecule has 0 aliphatic rings. The highest BCUT2D eigenvalue weighted by Crippen LogP contribution is 2.30. The fourth-order valence-electron chi connectivity index (χ4n) is 3.09. The largest absolute Gasteiger partial charge is 0.495 e. The number of H-pyrrole nitrogens is 1. The summed E-state index contributed by atoms with van der Waals surface area (Å²) in [5.74, 6) is -0.0932. The van der Waals surface area contributed by atoms with Gasteiger partial charge in [-0.3, -0.25) is 14.3 Å². The molecule has 0 bridgehead atoms. The van der Waals surface area contributed by atoms with Gasteiger partial charge in [0, 0.05) is 0 Å². The Morgan fingerprint density at radius 2 is 2.00 bits per heavy atom. The number of hydrogen-bond donors (Lipinski definition) is 1. The molecule has 0 amide bonds. The molecule has 0 spiro atoms. The first-order chi connectivity index (χ1) is 14.0. The van der Waals surface area contributed by atoms with Crippen molar-refractivity contribution in [2.75, 3.05) is 14.2 Å². The number of hydrogen-bond acceptors (Lipinski definition) is 7. The van der Waals surface area contributed by atoms with E-state index in [-0.39, 0.29) is 21.4 Å². The molecule has 0 saturated carbocycles. The number of nitrogens with zero attached hydrogens (tertiary/aromatic N) is 2. The fraction of sp³-hybridized carbons (Fsp3) is 0.100. The summed E-state index contributed by atoms with van der Waals surface area (Å²) < 4.78 is 12.1. The predicted octanol–water partition coefficient (Wildman–Crippen LogP) is 3.97. The molecule has 4 aromatic rings. The molecule has 3 heterocycles. The molecule has 0 fully saturated rings. The van der Waals surface area contributed by atoms with Gasteiger partial charge in [-0.15, -0.1) is 11.3 Å². The lowest BCUT2D eigenvalue weighted by Gasteiger charge is -2.15. The molecule has 0 aliphatic carbocycles. The zero-order chi connectivity index (χ0) is 20.5. The number of fused-ring (bicyclic) bond motifs is 1. The standard InChI is InChI=1S/C20H15N3O4S2/c1-26-14-7-4-3-6-13(14)23-17-16(18(24)22-20(23)28)11(19(25)27-2)10-12(21-17)15-8-5-9-29-15/h3-10H,1-2H3,(H,22,24,28). The Morgan fingerprint density at radius 1 is 1.21 bits per heavy atom. The van der Waals surface area contributed by atoms with E-state index >= 15 is 0 Å². The number of para-hydroxylation sites is 2. The Labute approximate surface area is 174 Å². The van der Waals surface area contributed by atoms with Crippen molar-refractivity contribution in [1.29, 1.82) is 0 Å². The maximum atomic E-state index is 12.8. The van der Waals surface area contributed by atoms with Crippen LogP contribution in [0.5, 0.6) is 5.75 Å². The average Bonchev–Trinajstić information content (AvgIpc) is 3.27. The number of aromatic amines is 1. The van der Waals surface area contributed by atoms with Gasteiger partial charge in [0.05, 0.1) is 41.4 Å². The Hall–Kier alpha value is -3.30. The molecule has 146 valence electrons. The highest BCUT2D eigenvalue weighted by Gasteiger charge is 2.21. The second kappa shape index (κ2) is 7.61. The Kier molecular flexibility index (Phi) is 4.99. The van der Waals surface area contributed by atoms with Crippen LogP contribution in [0.25, 0.3) is 27.3 Å². The first-order valence-electron chi connectivity index (χ1n) is 8.51. The van der Waals surface area contributed by atoms with E-state index in [1.807, 2.05) is 29.6 Å². The monoisotopic (exact) mass is 425 g/mol. The number of methoxy groups -OCH3 is 2. The summed E-state index contributed by atoms with van der Waals surface area (Å²) >= 11 is 6.91. The third-order valence-corrected chi connectivity index (χ3v) is 5.54. The van der Waals surface area contributed by atoms with Crippen LogP contribution in [-0.4, -0.2) is 34.7 Å². The molecule has 1 N–H and O–H groups in total. The van der Waals surface area contributed by atoms with E-state index in [2.05, 4.69) is 4.98 Å².